The molecule has 0 saturated heterocycles. The minimum atomic E-state index is 0.471. The van der Waals surface area contributed by atoms with E-state index in [-0.39, 0.29) is 0 Å². The molecule has 0 amide bonds. The Bertz CT molecular complexity index is 448. The van der Waals surface area contributed by atoms with E-state index in [1.54, 1.807) is 0 Å². The van der Waals surface area contributed by atoms with E-state index in [1.807, 2.05) is 0 Å². The molecule has 2 heteroatoms. The summed E-state index contributed by atoms with van der Waals surface area (Å²) in [5.41, 5.74) is 2.55. The maximum Gasteiger partial charge on any atom is 0.0210 e. The molecule has 4 bridgehead atoms. The van der Waals surface area contributed by atoms with E-state index in [4.69, 9.17) is 0 Å². The van der Waals surface area contributed by atoms with Gasteiger partial charge >= 0.3 is 0 Å². The van der Waals surface area contributed by atoms with Crippen molar-refractivity contribution in [1.29, 1.82) is 0 Å². The zero-order valence-electron chi connectivity index (χ0n) is 12.2. The number of aromatic amines is 1. The normalized spacial score (nSPS) is 45.6. The van der Waals surface area contributed by atoms with E-state index < -0.39 is 0 Å². The number of aromatic nitrogens is 1. The molecule has 1 aromatic heterocycles. The molecule has 4 fully saturated rings. The summed E-state index contributed by atoms with van der Waals surface area (Å²) in [5.74, 6) is 1.95. The molecule has 1 heterocycles. The van der Waals surface area contributed by atoms with Crippen LogP contribution >= 0.6 is 0 Å². The molecule has 3 atom stereocenters. The van der Waals surface area contributed by atoms with Crippen molar-refractivity contribution in [2.75, 3.05) is 7.05 Å². The molecule has 0 aromatic carbocycles. The van der Waals surface area contributed by atoms with E-state index in [1.165, 1.54) is 44.2 Å². The lowest BCUT2D eigenvalue weighted by molar-refractivity contribution is -0.0881. The second kappa shape index (κ2) is 3.88. The Morgan fingerprint density at radius 2 is 2.00 bits per heavy atom. The number of H-pyrrole nitrogens is 1. The van der Waals surface area contributed by atoms with E-state index in [9.17, 15) is 0 Å². The Morgan fingerprint density at radius 3 is 2.58 bits per heavy atom. The molecule has 2 N–H and O–H groups in total. The van der Waals surface area contributed by atoms with Crippen molar-refractivity contribution in [2.24, 2.45) is 17.3 Å². The molecule has 4 saturated carbocycles. The fourth-order valence-electron chi connectivity index (χ4n) is 6.12. The van der Waals surface area contributed by atoms with E-state index in [0.717, 1.165) is 11.8 Å². The molecule has 1 aromatic rings. The first-order chi connectivity index (χ1) is 9.16. The largest absolute Gasteiger partial charge is 0.365 e. The highest BCUT2D eigenvalue weighted by molar-refractivity contribution is 5.26. The van der Waals surface area contributed by atoms with Gasteiger partial charge in [0.25, 0.3) is 0 Å². The van der Waals surface area contributed by atoms with Crippen LogP contribution < -0.4 is 5.32 Å². The van der Waals surface area contributed by atoms with Gasteiger partial charge in [0.1, 0.15) is 0 Å². The van der Waals surface area contributed by atoms with Gasteiger partial charge in [0.05, 0.1) is 0 Å². The lowest BCUT2D eigenvalue weighted by atomic mass is 9.42. The Hall–Kier alpha value is -0.760. The molecule has 104 valence electrons. The molecule has 4 aliphatic rings. The molecule has 4 aliphatic carbocycles. The van der Waals surface area contributed by atoms with E-state index in [0.29, 0.717) is 16.9 Å². The SMILES string of the molecule is CNC(C)C12CC3CC(CC(c4ccc[nH]4)(C3)C1)C2. The first-order valence-electron chi connectivity index (χ1n) is 7.97. The van der Waals surface area contributed by atoms with Crippen molar-refractivity contribution in [2.45, 2.75) is 56.9 Å². The molecule has 19 heavy (non-hydrogen) atoms. The topological polar surface area (TPSA) is 27.8 Å². The molecule has 0 radical (unpaired) electrons. The zero-order chi connectivity index (χ0) is 13.1. The predicted octanol–water partition coefficient (Wildman–Crippen LogP) is 3.46. The van der Waals surface area contributed by atoms with Gasteiger partial charge in [0.2, 0.25) is 0 Å². The zero-order valence-corrected chi connectivity index (χ0v) is 12.2. The number of hydrogen-bond acceptors (Lipinski definition) is 1. The highest BCUT2D eigenvalue weighted by Crippen LogP contribution is 2.66. The highest BCUT2D eigenvalue weighted by Gasteiger charge is 2.59. The van der Waals surface area contributed by atoms with Gasteiger partial charge in [-0.15, -0.1) is 0 Å². The Kier molecular flexibility index (Phi) is 2.45. The Morgan fingerprint density at radius 1 is 1.26 bits per heavy atom. The summed E-state index contributed by atoms with van der Waals surface area (Å²) < 4.78 is 0. The van der Waals surface area contributed by atoms with Crippen LogP contribution in [0.4, 0.5) is 0 Å². The standard InChI is InChI=1S/C17H26N2/c1-12(18-2)16-7-13-6-14(8-16)10-17(9-13,11-16)15-4-3-5-19-15/h3-5,12-14,18-19H,6-11H2,1-2H3. The molecule has 3 unspecified atom stereocenters. The van der Waals surface area contributed by atoms with Gasteiger partial charge in [-0.3, -0.25) is 0 Å². The van der Waals surface area contributed by atoms with Crippen molar-refractivity contribution in [1.82, 2.24) is 10.3 Å². The van der Waals surface area contributed by atoms with Gasteiger partial charge in [-0.2, -0.15) is 0 Å². The second-order valence-corrected chi connectivity index (χ2v) is 7.70. The highest BCUT2D eigenvalue weighted by atomic mass is 14.9. The predicted molar refractivity (Wildman–Crippen MR) is 78.1 cm³/mol. The minimum absolute atomic E-state index is 0.471. The molecule has 0 aliphatic heterocycles. The summed E-state index contributed by atoms with van der Waals surface area (Å²) in [4.78, 5) is 3.55. The van der Waals surface area contributed by atoms with Crippen LogP contribution in [-0.4, -0.2) is 18.1 Å². The van der Waals surface area contributed by atoms with Gasteiger partial charge in [-0.25, -0.2) is 0 Å². The fraction of sp³-hybridized carbons (Fsp3) is 0.765. The van der Waals surface area contributed by atoms with Gasteiger partial charge in [-0.05, 0) is 81.9 Å². The molecule has 5 rings (SSSR count). The average Bonchev–Trinajstić information content (AvgIpc) is 2.90. The Labute approximate surface area is 116 Å². The maximum absolute atomic E-state index is 3.57. The Balaban J connectivity index is 1.76. The molecule has 2 nitrogen and oxygen atoms in total. The van der Waals surface area contributed by atoms with Gasteiger partial charge < -0.3 is 10.3 Å². The fourth-order valence-corrected chi connectivity index (χ4v) is 6.12. The lowest BCUT2D eigenvalue weighted by Gasteiger charge is -2.63. The van der Waals surface area contributed by atoms with Crippen molar-refractivity contribution >= 4 is 0 Å². The monoisotopic (exact) mass is 258 g/mol. The number of hydrogen-bond donors (Lipinski definition) is 2. The van der Waals surface area contributed by atoms with E-state index >= 15 is 0 Å². The number of nitrogens with one attached hydrogen (secondary N) is 2. The van der Waals surface area contributed by atoms with Crippen LogP contribution in [0.5, 0.6) is 0 Å². The number of rotatable bonds is 3. The van der Waals surface area contributed by atoms with Gasteiger partial charge in [0, 0.05) is 23.3 Å². The van der Waals surface area contributed by atoms with Crippen LogP contribution in [0.15, 0.2) is 18.3 Å². The van der Waals surface area contributed by atoms with Crippen LogP contribution in [0.25, 0.3) is 0 Å². The van der Waals surface area contributed by atoms with Crippen LogP contribution in [0, 0.1) is 17.3 Å². The third kappa shape index (κ3) is 1.59. The van der Waals surface area contributed by atoms with Crippen LogP contribution in [0.1, 0.15) is 51.1 Å². The summed E-state index contributed by atoms with van der Waals surface area (Å²) >= 11 is 0. The van der Waals surface area contributed by atoms with E-state index in [2.05, 4.69) is 42.6 Å². The quantitative estimate of drug-likeness (QED) is 0.854. The van der Waals surface area contributed by atoms with Gasteiger partial charge in [-0.1, -0.05) is 0 Å². The summed E-state index contributed by atoms with van der Waals surface area (Å²) in [6, 6.07) is 5.18. The van der Waals surface area contributed by atoms with Crippen molar-refractivity contribution in [3.63, 3.8) is 0 Å². The lowest BCUT2D eigenvalue weighted by Crippen LogP contribution is -2.59. The molecule has 0 spiro atoms. The summed E-state index contributed by atoms with van der Waals surface area (Å²) in [7, 11) is 2.14. The second-order valence-electron chi connectivity index (χ2n) is 7.70. The maximum atomic E-state index is 3.57. The smallest absolute Gasteiger partial charge is 0.0210 e. The van der Waals surface area contributed by atoms with Crippen LogP contribution in [0.3, 0.4) is 0 Å². The first-order valence-corrected chi connectivity index (χ1v) is 7.97. The summed E-state index contributed by atoms with van der Waals surface area (Å²) in [6.45, 7) is 2.41. The summed E-state index contributed by atoms with van der Waals surface area (Å²) in [5, 5.41) is 3.57. The third-order valence-corrected chi connectivity index (χ3v) is 6.63. The van der Waals surface area contributed by atoms with Crippen LogP contribution in [-0.2, 0) is 5.41 Å². The third-order valence-electron chi connectivity index (χ3n) is 6.63. The van der Waals surface area contributed by atoms with Crippen molar-refractivity contribution in [3.8, 4) is 0 Å². The first kappa shape index (κ1) is 12.0. The van der Waals surface area contributed by atoms with Crippen LogP contribution in [0.2, 0.25) is 0 Å². The molecular formula is C17H26N2. The molecular weight excluding hydrogens is 232 g/mol. The summed E-state index contributed by atoms with van der Waals surface area (Å²) in [6.07, 6.45) is 10.8. The average molecular weight is 258 g/mol. The van der Waals surface area contributed by atoms with Crippen molar-refractivity contribution < 1.29 is 0 Å². The van der Waals surface area contributed by atoms with Crippen molar-refractivity contribution in [3.05, 3.63) is 24.0 Å². The van der Waals surface area contributed by atoms with Gasteiger partial charge in [0.15, 0.2) is 0 Å². The minimum Gasteiger partial charge on any atom is -0.365 e.